The quantitative estimate of drug-likeness (QED) is 0.826. The highest BCUT2D eigenvalue weighted by atomic mass is 35.5. The van der Waals surface area contributed by atoms with Crippen molar-refractivity contribution in [2.75, 3.05) is 19.4 Å². The number of amides is 1. The molecule has 1 aliphatic carbocycles. The number of nitrogens with two attached hydrogens (primary N) is 1. The smallest absolute Gasteiger partial charge is 0.241 e. The largest absolute Gasteiger partial charge is 0.377 e. The average molecular weight is 337 g/mol. The van der Waals surface area contributed by atoms with Crippen molar-refractivity contribution in [3.63, 3.8) is 0 Å². The molecule has 0 aromatic carbocycles. The van der Waals surface area contributed by atoms with Crippen LogP contribution in [0.25, 0.3) is 0 Å². The maximum atomic E-state index is 12.7. The molecule has 2 rings (SSSR count). The van der Waals surface area contributed by atoms with Gasteiger partial charge in [0.05, 0.1) is 6.10 Å². The first-order valence-corrected chi connectivity index (χ1v) is 8.63. The molecule has 4 nitrogen and oxygen atoms in total. The number of carbonyl (C=O) groups excluding carboxylic acids is 1. The van der Waals surface area contributed by atoms with E-state index in [-0.39, 0.29) is 40.5 Å². The molecule has 0 aromatic rings. The molecule has 0 aromatic heterocycles. The van der Waals surface area contributed by atoms with Crippen LogP contribution >= 0.6 is 24.2 Å². The third kappa shape index (κ3) is 2.94. The second kappa shape index (κ2) is 6.26. The number of ether oxygens (including phenoxy) is 1. The van der Waals surface area contributed by atoms with E-state index < -0.39 is 5.54 Å². The highest BCUT2D eigenvalue weighted by Gasteiger charge is 2.70. The van der Waals surface area contributed by atoms with Crippen LogP contribution in [0.4, 0.5) is 0 Å². The standard InChI is InChI=1S/C15H28N2O2S.ClH/c1-13(2,20-5)9-17-12(18)15(16)10-7-6-8-19-11(10)14(15,3)4;/h10-11H,6-9,16H2,1-5H3,(H,17,18);1H. The highest BCUT2D eigenvalue weighted by Crippen LogP contribution is 2.57. The minimum Gasteiger partial charge on any atom is -0.377 e. The molecular formula is C15H29ClN2O2S. The SMILES string of the molecule is CSC(C)(C)CNC(=O)C1(N)C2CCCOC2C1(C)C.Cl. The molecule has 21 heavy (non-hydrogen) atoms. The molecule has 3 unspecified atom stereocenters. The van der Waals surface area contributed by atoms with Gasteiger partial charge in [0.25, 0.3) is 0 Å². The molecule has 1 aliphatic heterocycles. The summed E-state index contributed by atoms with van der Waals surface area (Å²) in [5.74, 6) is 0.139. The molecule has 6 heteroatoms. The molecule has 0 radical (unpaired) electrons. The molecule has 0 spiro atoms. The predicted octanol–water partition coefficient (Wildman–Crippen LogP) is 2.20. The molecule has 1 saturated carbocycles. The molecule has 3 atom stereocenters. The van der Waals surface area contributed by atoms with Crippen LogP contribution < -0.4 is 11.1 Å². The summed E-state index contributed by atoms with van der Waals surface area (Å²) in [7, 11) is 0. The zero-order chi connectivity index (χ0) is 15.2. The van der Waals surface area contributed by atoms with Crippen molar-refractivity contribution in [3.05, 3.63) is 0 Å². The van der Waals surface area contributed by atoms with Crippen LogP contribution in [-0.2, 0) is 9.53 Å². The van der Waals surface area contributed by atoms with Gasteiger partial charge >= 0.3 is 0 Å². The van der Waals surface area contributed by atoms with Crippen LogP contribution in [0, 0.1) is 11.3 Å². The predicted molar refractivity (Wildman–Crippen MR) is 91.0 cm³/mol. The zero-order valence-electron chi connectivity index (χ0n) is 13.7. The minimum atomic E-state index is -0.799. The van der Waals surface area contributed by atoms with E-state index in [0.717, 1.165) is 19.4 Å². The Labute approximate surface area is 138 Å². The van der Waals surface area contributed by atoms with Gasteiger partial charge in [-0.1, -0.05) is 13.8 Å². The fourth-order valence-corrected chi connectivity index (χ4v) is 3.76. The maximum absolute atomic E-state index is 12.7. The number of halogens is 1. The van der Waals surface area contributed by atoms with Gasteiger partial charge in [0.1, 0.15) is 5.54 Å². The van der Waals surface area contributed by atoms with Gasteiger partial charge in [-0.2, -0.15) is 11.8 Å². The van der Waals surface area contributed by atoms with Gasteiger partial charge in [-0.25, -0.2) is 0 Å². The Bertz CT molecular complexity index is 403. The molecule has 1 amide bonds. The first kappa shape index (κ1) is 19.1. The lowest BCUT2D eigenvalue weighted by atomic mass is 9.46. The van der Waals surface area contributed by atoms with E-state index in [4.69, 9.17) is 10.5 Å². The van der Waals surface area contributed by atoms with Crippen molar-refractivity contribution in [3.8, 4) is 0 Å². The van der Waals surface area contributed by atoms with E-state index in [1.807, 2.05) is 0 Å². The van der Waals surface area contributed by atoms with Crippen molar-refractivity contribution in [1.82, 2.24) is 5.32 Å². The summed E-state index contributed by atoms with van der Waals surface area (Å²) >= 11 is 1.75. The molecule has 2 fully saturated rings. The van der Waals surface area contributed by atoms with Crippen molar-refractivity contribution < 1.29 is 9.53 Å². The molecule has 1 saturated heterocycles. The summed E-state index contributed by atoms with van der Waals surface area (Å²) in [4.78, 5) is 12.7. The van der Waals surface area contributed by atoms with Crippen LogP contribution in [0.2, 0.25) is 0 Å². The van der Waals surface area contributed by atoms with Gasteiger partial charge in [-0.3, -0.25) is 4.79 Å². The summed E-state index contributed by atoms with van der Waals surface area (Å²) in [5, 5.41) is 3.06. The van der Waals surface area contributed by atoms with E-state index in [0.29, 0.717) is 6.54 Å². The number of fused-ring (bicyclic) bond motifs is 1. The zero-order valence-corrected chi connectivity index (χ0v) is 15.3. The van der Waals surface area contributed by atoms with Crippen LogP contribution in [0.5, 0.6) is 0 Å². The van der Waals surface area contributed by atoms with E-state index >= 15 is 0 Å². The van der Waals surface area contributed by atoms with Gasteiger partial charge < -0.3 is 15.8 Å². The Kier molecular flexibility index (Phi) is 5.69. The summed E-state index contributed by atoms with van der Waals surface area (Å²) in [5.41, 5.74) is 5.45. The van der Waals surface area contributed by atoms with Gasteiger partial charge in [0.2, 0.25) is 5.91 Å². The number of rotatable bonds is 4. The highest BCUT2D eigenvalue weighted by molar-refractivity contribution is 7.99. The van der Waals surface area contributed by atoms with Crippen molar-refractivity contribution in [2.24, 2.45) is 17.1 Å². The number of hydrogen-bond donors (Lipinski definition) is 2. The third-order valence-electron chi connectivity index (χ3n) is 5.29. The maximum Gasteiger partial charge on any atom is 0.241 e. The molecule has 124 valence electrons. The van der Waals surface area contributed by atoms with Gasteiger partial charge in [0, 0.05) is 29.2 Å². The first-order valence-electron chi connectivity index (χ1n) is 7.41. The molecule has 3 N–H and O–H groups in total. The second-order valence-corrected chi connectivity index (χ2v) is 8.79. The number of hydrogen-bond acceptors (Lipinski definition) is 4. The fourth-order valence-electron chi connectivity index (χ4n) is 3.55. The first-order chi connectivity index (χ1) is 9.17. The summed E-state index contributed by atoms with van der Waals surface area (Å²) in [6.07, 6.45) is 4.17. The van der Waals surface area contributed by atoms with Crippen LogP contribution in [0.1, 0.15) is 40.5 Å². The van der Waals surface area contributed by atoms with Gasteiger partial charge in [0.15, 0.2) is 0 Å². The van der Waals surface area contributed by atoms with Crippen LogP contribution in [0.15, 0.2) is 0 Å². The Morgan fingerprint density at radius 3 is 2.67 bits per heavy atom. The van der Waals surface area contributed by atoms with E-state index in [2.05, 4.69) is 39.3 Å². The number of thioether (sulfide) groups is 1. The monoisotopic (exact) mass is 336 g/mol. The van der Waals surface area contributed by atoms with E-state index in [1.54, 1.807) is 11.8 Å². The minimum absolute atomic E-state index is 0. The van der Waals surface area contributed by atoms with Crippen molar-refractivity contribution in [2.45, 2.75) is 56.9 Å². The molecule has 0 bridgehead atoms. The second-order valence-electron chi connectivity index (χ2n) is 7.28. The Morgan fingerprint density at radius 2 is 2.10 bits per heavy atom. The molecule has 2 aliphatic rings. The lowest BCUT2D eigenvalue weighted by Crippen LogP contribution is -2.82. The Balaban J connectivity index is 0.00000220. The Hall–Kier alpha value is 0.0300. The molecule has 1 heterocycles. The van der Waals surface area contributed by atoms with Gasteiger partial charge in [-0.05, 0) is 32.9 Å². The van der Waals surface area contributed by atoms with Crippen LogP contribution in [0.3, 0.4) is 0 Å². The fraction of sp³-hybridized carbons (Fsp3) is 0.933. The average Bonchev–Trinajstić information content (AvgIpc) is 2.43. The van der Waals surface area contributed by atoms with E-state index in [9.17, 15) is 4.79 Å². The lowest BCUT2D eigenvalue weighted by Gasteiger charge is -2.65. The van der Waals surface area contributed by atoms with Crippen LogP contribution in [-0.4, -0.2) is 41.7 Å². The summed E-state index contributed by atoms with van der Waals surface area (Å²) in [6.45, 7) is 9.79. The normalized spacial score (nSPS) is 34.2. The molecular weight excluding hydrogens is 308 g/mol. The lowest BCUT2D eigenvalue weighted by molar-refractivity contribution is -0.225. The summed E-state index contributed by atoms with van der Waals surface area (Å²) < 4.78 is 5.87. The third-order valence-corrected chi connectivity index (χ3v) is 6.54. The number of carbonyl (C=O) groups is 1. The van der Waals surface area contributed by atoms with Crippen molar-refractivity contribution in [1.29, 1.82) is 0 Å². The summed E-state index contributed by atoms with van der Waals surface area (Å²) in [6, 6.07) is 0. The van der Waals surface area contributed by atoms with Gasteiger partial charge in [-0.15, -0.1) is 12.4 Å². The van der Waals surface area contributed by atoms with E-state index in [1.165, 1.54) is 0 Å². The number of nitrogens with one attached hydrogen (secondary N) is 1. The van der Waals surface area contributed by atoms with Crippen molar-refractivity contribution >= 4 is 30.1 Å². The Morgan fingerprint density at radius 1 is 1.48 bits per heavy atom. The topological polar surface area (TPSA) is 64.4 Å².